The highest BCUT2D eigenvalue weighted by molar-refractivity contribution is 5.83. The number of hydrogen-bond acceptors (Lipinski definition) is 3. The van der Waals surface area contributed by atoms with Crippen LogP contribution in [0.25, 0.3) is 5.57 Å². The molecule has 1 aliphatic rings. The smallest absolute Gasteiger partial charge is 0.307 e. The molecular formula is C29H31NO2. The first-order valence-electron chi connectivity index (χ1n) is 11.5. The summed E-state index contributed by atoms with van der Waals surface area (Å²) in [5.74, 6) is -0.148. The van der Waals surface area contributed by atoms with E-state index in [1.165, 1.54) is 27.8 Å². The lowest BCUT2D eigenvalue weighted by Gasteiger charge is -2.16. The number of carbonyl (C=O) groups excluding carboxylic acids is 1. The van der Waals surface area contributed by atoms with E-state index in [0.717, 1.165) is 31.4 Å². The van der Waals surface area contributed by atoms with Crippen molar-refractivity contribution < 1.29 is 9.53 Å². The van der Waals surface area contributed by atoms with E-state index in [1.807, 2.05) is 30.3 Å². The predicted octanol–water partition coefficient (Wildman–Crippen LogP) is 5.67. The average molecular weight is 426 g/mol. The quantitative estimate of drug-likeness (QED) is 0.435. The van der Waals surface area contributed by atoms with Crippen LogP contribution in [0.15, 0.2) is 84.9 Å². The summed E-state index contributed by atoms with van der Waals surface area (Å²) in [5, 5.41) is 0. The minimum Gasteiger partial charge on any atom is -0.461 e. The van der Waals surface area contributed by atoms with Gasteiger partial charge >= 0.3 is 5.97 Å². The maximum atomic E-state index is 12.1. The lowest BCUT2D eigenvalue weighted by molar-refractivity contribution is -0.145. The Morgan fingerprint density at radius 3 is 2.09 bits per heavy atom. The Balaban J connectivity index is 1.33. The molecule has 0 atom stereocenters. The monoisotopic (exact) mass is 425 g/mol. The number of fused-ring (bicyclic) bond motifs is 2. The molecule has 0 aromatic heterocycles. The van der Waals surface area contributed by atoms with Gasteiger partial charge in [0.1, 0.15) is 6.61 Å². The first-order valence-corrected chi connectivity index (χ1v) is 11.5. The minimum absolute atomic E-state index is 0.148. The molecule has 3 nitrogen and oxygen atoms in total. The van der Waals surface area contributed by atoms with Crippen molar-refractivity contribution >= 4 is 11.5 Å². The van der Waals surface area contributed by atoms with Crippen LogP contribution >= 0.6 is 0 Å². The second-order valence-corrected chi connectivity index (χ2v) is 8.42. The van der Waals surface area contributed by atoms with Gasteiger partial charge in [0.05, 0.1) is 6.42 Å². The van der Waals surface area contributed by atoms with E-state index in [-0.39, 0.29) is 5.97 Å². The van der Waals surface area contributed by atoms with Gasteiger partial charge in [-0.1, -0.05) is 84.9 Å². The molecular weight excluding hydrogens is 394 g/mol. The molecule has 0 bridgehead atoms. The number of carbonyl (C=O) groups is 1. The molecule has 0 unspecified atom stereocenters. The number of rotatable bonds is 8. The third kappa shape index (κ3) is 5.74. The molecule has 0 fully saturated rings. The lowest BCUT2D eigenvalue weighted by atomic mass is 9.93. The molecule has 3 heteroatoms. The van der Waals surface area contributed by atoms with E-state index in [1.54, 1.807) is 0 Å². The van der Waals surface area contributed by atoms with E-state index in [0.29, 0.717) is 19.6 Å². The molecule has 164 valence electrons. The molecule has 3 aromatic rings. The maximum absolute atomic E-state index is 12.1. The highest BCUT2D eigenvalue weighted by atomic mass is 16.5. The standard InChI is InChI=1S/C29H31NO2/c1-30(21-19-29(31)32-22-23-10-3-2-4-11-23)20-9-16-28-26-14-7-5-12-24(26)17-18-25-13-6-8-15-27(25)28/h2-8,10-16H,9,17-22H2,1H3. The summed E-state index contributed by atoms with van der Waals surface area (Å²) in [5.41, 5.74) is 7.90. The normalized spacial score (nSPS) is 12.6. The Morgan fingerprint density at radius 1 is 0.844 bits per heavy atom. The van der Waals surface area contributed by atoms with Crippen molar-refractivity contribution in [1.29, 1.82) is 0 Å². The number of nitrogens with zero attached hydrogens (tertiary/aromatic N) is 1. The Kier molecular flexibility index (Phi) is 7.52. The predicted molar refractivity (Wildman–Crippen MR) is 130 cm³/mol. The minimum atomic E-state index is -0.148. The van der Waals surface area contributed by atoms with Crippen LogP contribution < -0.4 is 0 Å². The molecule has 0 heterocycles. The van der Waals surface area contributed by atoms with Gasteiger partial charge in [-0.05, 0) is 59.7 Å². The van der Waals surface area contributed by atoms with Crippen molar-refractivity contribution in [3.05, 3.63) is 113 Å². The first kappa shape index (κ1) is 22.0. The Bertz CT molecular complexity index is 1020. The SMILES string of the molecule is CN(CCC=C1c2ccccc2CCc2ccccc21)CCC(=O)OCc1ccccc1. The van der Waals surface area contributed by atoms with Gasteiger partial charge in [-0.2, -0.15) is 0 Å². The van der Waals surface area contributed by atoms with Crippen molar-refractivity contribution in [2.24, 2.45) is 0 Å². The van der Waals surface area contributed by atoms with Crippen molar-refractivity contribution in [2.75, 3.05) is 20.1 Å². The summed E-state index contributed by atoms with van der Waals surface area (Å²) in [6.07, 6.45) is 5.87. The first-order chi connectivity index (χ1) is 15.7. The zero-order valence-corrected chi connectivity index (χ0v) is 18.8. The van der Waals surface area contributed by atoms with Gasteiger partial charge in [-0.3, -0.25) is 4.79 Å². The zero-order chi connectivity index (χ0) is 22.2. The number of esters is 1. The lowest BCUT2D eigenvalue weighted by Crippen LogP contribution is -2.23. The molecule has 32 heavy (non-hydrogen) atoms. The van der Waals surface area contributed by atoms with Crippen molar-refractivity contribution in [3.8, 4) is 0 Å². The molecule has 0 spiro atoms. The molecule has 4 rings (SSSR count). The van der Waals surface area contributed by atoms with Crippen LogP contribution in [0.3, 0.4) is 0 Å². The summed E-state index contributed by atoms with van der Waals surface area (Å²) < 4.78 is 5.39. The largest absolute Gasteiger partial charge is 0.461 e. The summed E-state index contributed by atoms with van der Waals surface area (Å²) in [6, 6.07) is 27.3. The molecule has 0 radical (unpaired) electrons. The van der Waals surface area contributed by atoms with Gasteiger partial charge in [0, 0.05) is 13.1 Å². The van der Waals surface area contributed by atoms with E-state index >= 15 is 0 Å². The molecule has 0 saturated heterocycles. The fourth-order valence-corrected chi connectivity index (χ4v) is 4.27. The molecule has 1 aliphatic carbocycles. The van der Waals surface area contributed by atoms with E-state index in [9.17, 15) is 4.79 Å². The molecule has 3 aromatic carbocycles. The fourth-order valence-electron chi connectivity index (χ4n) is 4.27. The van der Waals surface area contributed by atoms with Crippen LogP contribution in [0.2, 0.25) is 0 Å². The maximum Gasteiger partial charge on any atom is 0.307 e. The summed E-state index contributed by atoms with van der Waals surface area (Å²) in [7, 11) is 2.07. The van der Waals surface area contributed by atoms with Crippen LogP contribution in [0.1, 0.15) is 40.7 Å². The van der Waals surface area contributed by atoms with Gasteiger partial charge in [-0.15, -0.1) is 0 Å². The molecule has 0 saturated carbocycles. The summed E-state index contributed by atoms with van der Waals surface area (Å²) in [6.45, 7) is 1.94. The van der Waals surface area contributed by atoms with Crippen LogP contribution in [-0.2, 0) is 29.0 Å². The Labute approximate surface area is 191 Å². The van der Waals surface area contributed by atoms with Gasteiger partial charge in [0.25, 0.3) is 0 Å². The Morgan fingerprint density at radius 2 is 1.44 bits per heavy atom. The fraction of sp³-hybridized carbons (Fsp3) is 0.276. The van der Waals surface area contributed by atoms with E-state index in [2.05, 4.69) is 66.6 Å². The number of ether oxygens (including phenoxy) is 1. The van der Waals surface area contributed by atoms with Crippen molar-refractivity contribution in [2.45, 2.75) is 32.3 Å². The van der Waals surface area contributed by atoms with Gasteiger partial charge in [0.2, 0.25) is 0 Å². The van der Waals surface area contributed by atoms with Gasteiger partial charge in [-0.25, -0.2) is 0 Å². The topological polar surface area (TPSA) is 29.5 Å². The van der Waals surface area contributed by atoms with Crippen LogP contribution in [0.4, 0.5) is 0 Å². The average Bonchev–Trinajstić information content (AvgIpc) is 2.99. The third-order valence-corrected chi connectivity index (χ3v) is 6.08. The number of benzene rings is 3. The van der Waals surface area contributed by atoms with Crippen LogP contribution in [-0.4, -0.2) is 31.0 Å². The van der Waals surface area contributed by atoms with Gasteiger partial charge < -0.3 is 9.64 Å². The van der Waals surface area contributed by atoms with Crippen LogP contribution in [0, 0.1) is 0 Å². The molecule has 0 amide bonds. The second-order valence-electron chi connectivity index (χ2n) is 8.42. The van der Waals surface area contributed by atoms with E-state index in [4.69, 9.17) is 4.74 Å². The Hall–Kier alpha value is -3.17. The molecule has 0 N–H and O–H groups in total. The highest BCUT2D eigenvalue weighted by Gasteiger charge is 2.17. The van der Waals surface area contributed by atoms with Crippen molar-refractivity contribution in [3.63, 3.8) is 0 Å². The molecule has 0 aliphatic heterocycles. The van der Waals surface area contributed by atoms with Gasteiger partial charge in [0.15, 0.2) is 0 Å². The number of hydrogen-bond donors (Lipinski definition) is 0. The van der Waals surface area contributed by atoms with Crippen LogP contribution in [0.5, 0.6) is 0 Å². The highest BCUT2D eigenvalue weighted by Crippen LogP contribution is 2.33. The zero-order valence-electron chi connectivity index (χ0n) is 18.8. The summed E-state index contributed by atoms with van der Waals surface area (Å²) in [4.78, 5) is 14.3. The van der Waals surface area contributed by atoms with E-state index < -0.39 is 0 Å². The third-order valence-electron chi connectivity index (χ3n) is 6.08. The number of aryl methyl sites for hydroxylation is 2. The van der Waals surface area contributed by atoms with Crippen molar-refractivity contribution in [1.82, 2.24) is 4.90 Å². The summed E-state index contributed by atoms with van der Waals surface area (Å²) >= 11 is 0. The second kappa shape index (κ2) is 10.9.